The molecule has 23 heavy (non-hydrogen) atoms. The number of amides is 1. The highest BCUT2D eigenvalue weighted by Crippen LogP contribution is 2.40. The SMILES string of the molecule is CC(C1CC1)n1nccc1NC(=O)CSCc1ccc(Cl)cc1. The number of benzene rings is 1. The molecule has 0 spiro atoms. The molecule has 1 aliphatic carbocycles. The van der Waals surface area contributed by atoms with E-state index >= 15 is 0 Å². The van der Waals surface area contributed by atoms with Crippen molar-refractivity contribution in [2.24, 2.45) is 5.92 Å². The number of hydrogen-bond donors (Lipinski definition) is 1. The zero-order valence-electron chi connectivity index (χ0n) is 13.0. The summed E-state index contributed by atoms with van der Waals surface area (Å²) < 4.78 is 1.93. The minimum Gasteiger partial charge on any atom is -0.310 e. The van der Waals surface area contributed by atoms with Crippen molar-refractivity contribution < 1.29 is 4.79 Å². The van der Waals surface area contributed by atoms with Gasteiger partial charge < -0.3 is 5.32 Å². The van der Waals surface area contributed by atoms with E-state index in [1.54, 1.807) is 18.0 Å². The number of carbonyl (C=O) groups excluding carboxylic acids is 1. The Balaban J connectivity index is 1.48. The minimum atomic E-state index is 0.00807. The number of anilines is 1. The van der Waals surface area contributed by atoms with E-state index in [0.717, 1.165) is 16.6 Å². The molecule has 1 aromatic heterocycles. The molecule has 1 heterocycles. The predicted octanol–water partition coefficient (Wildman–Crippen LogP) is 4.38. The lowest BCUT2D eigenvalue weighted by Gasteiger charge is -2.15. The minimum absolute atomic E-state index is 0.00807. The number of hydrogen-bond acceptors (Lipinski definition) is 3. The Morgan fingerprint density at radius 3 is 2.83 bits per heavy atom. The van der Waals surface area contributed by atoms with Crippen LogP contribution in [0.25, 0.3) is 0 Å². The van der Waals surface area contributed by atoms with Crippen LogP contribution >= 0.6 is 23.4 Å². The van der Waals surface area contributed by atoms with Crippen LogP contribution < -0.4 is 5.32 Å². The monoisotopic (exact) mass is 349 g/mol. The van der Waals surface area contributed by atoms with Gasteiger partial charge in [0.15, 0.2) is 0 Å². The molecular weight excluding hydrogens is 330 g/mol. The summed E-state index contributed by atoms with van der Waals surface area (Å²) in [5.41, 5.74) is 1.17. The largest absolute Gasteiger partial charge is 0.310 e. The van der Waals surface area contributed by atoms with E-state index in [2.05, 4.69) is 17.3 Å². The maximum absolute atomic E-state index is 12.1. The summed E-state index contributed by atoms with van der Waals surface area (Å²) in [6.07, 6.45) is 4.26. The van der Waals surface area contributed by atoms with Crippen LogP contribution in [0.3, 0.4) is 0 Å². The lowest BCUT2D eigenvalue weighted by atomic mass is 10.2. The molecule has 1 fully saturated rings. The first-order valence-corrected chi connectivity index (χ1v) is 9.32. The second kappa shape index (κ2) is 7.41. The second-order valence-corrected chi connectivity index (χ2v) is 7.33. The summed E-state index contributed by atoms with van der Waals surface area (Å²) in [6, 6.07) is 9.92. The van der Waals surface area contributed by atoms with Crippen LogP contribution in [0.4, 0.5) is 5.82 Å². The van der Waals surface area contributed by atoms with E-state index in [1.165, 1.54) is 18.4 Å². The van der Waals surface area contributed by atoms with Crippen LogP contribution in [0.1, 0.15) is 31.4 Å². The van der Waals surface area contributed by atoms with Gasteiger partial charge in [0, 0.05) is 16.8 Å². The van der Waals surface area contributed by atoms with Crippen LogP contribution in [0.5, 0.6) is 0 Å². The lowest BCUT2D eigenvalue weighted by Crippen LogP contribution is -2.19. The van der Waals surface area contributed by atoms with Gasteiger partial charge in [-0.15, -0.1) is 11.8 Å². The first-order chi connectivity index (χ1) is 11.1. The average Bonchev–Trinajstić information content (AvgIpc) is 3.29. The summed E-state index contributed by atoms with van der Waals surface area (Å²) in [6.45, 7) is 2.16. The third kappa shape index (κ3) is 4.52. The predicted molar refractivity (Wildman–Crippen MR) is 95.9 cm³/mol. The maximum Gasteiger partial charge on any atom is 0.235 e. The number of thioether (sulfide) groups is 1. The van der Waals surface area contributed by atoms with Crippen LogP contribution in [-0.4, -0.2) is 21.4 Å². The van der Waals surface area contributed by atoms with Crippen LogP contribution in [0, 0.1) is 5.92 Å². The van der Waals surface area contributed by atoms with E-state index in [-0.39, 0.29) is 5.91 Å². The van der Waals surface area contributed by atoms with E-state index in [9.17, 15) is 4.79 Å². The van der Waals surface area contributed by atoms with Crippen LogP contribution in [0.15, 0.2) is 36.5 Å². The zero-order valence-corrected chi connectivity index (χ0v) is 14.6. The van der Waals surface area contributed by atoms with Crippen LogP contribution in [0.2, 0.25) is 5.02 Å². The van der Waals surface area contributed by atoms with Crippen molar-refractivity contribution in [3.05, 3.63) is 47.1 Å². The average molecular weight is 350 g/mol. The molecule has 0 radical (unpaired) electrons. The summed E-state index contributed by atoms with van der Waals surface area (Å²) in [7, 11) is 0. The summed E-state index contributed by atoms with van der Waals surface area (Å²) in [4.78, 5) is 12.1. The molecule has 1 aliphatic rings. The van der Waals surface area contributed by atoms with Gasteiger partial charge >= 0.3 is 0 Å². The molecule has 1 unspecified atom stereocenters. The van der Waals surface area contributed by atoms with Crippen molar-refractivity contribution in [3.8, 4) is 0 Å². The van der Waals surface area contributed by atoms with Gasteiger partial charge in [-0.1, -0.05) is 23.7 Å². The first-order valence-electron chi connectivity index (χ1n) is 7.79. The van der Waals surface area contributed by atoms with Gasteiger partial charge in [-0.3, -0.25) is 4.79 Å². The number of carbonyl (C=O) groups is 1. The first kappa shape index (κ1) is 16.4. The maximum atomic E-state index is 12.1. The third-order valence-electron chi connectivity index (χ3n) is 4.04. The van der Waals surface area contributed by atoms with Crippen molar-refractivity contribution in [2.45, 2.75) is 31.6 Å². The molecule has 4 nitrogen and oxygen atoms in total. The fraction of sp³-hybridized carbons (Fsp3) is 0.412. The van der Waals surface area contributed by atoms with Crippen molar-refractivity contribution in [1.82, 2.24) is 9.78 Å². The van der Waals surface area contributed by atoms with Gasteiger partial charge in [-0.2, -0.15) is 5.10 Å². The Morgan fingerprint density at radius 1 is 1.39 bits per heavy atom. The van der Waals surface area contributed by atoms with E-state index in [0.29, 0.717) is 17.7 Å². The standard InChI is InChI=1S/C17H20ClN3OS/c1-12(14-4-5-14)21-16(8-9-19-21)20-17(22)11-23-10-13-2-6-15(18)7-3-13/h2-3,6-9,12,14H,4-5,10-11H2,1H3,(H,20,22). The quantitative estimate of drug-likeness (QED) is 0.806. The zero-order chi connectivity index (χ0) is 16.2. The number of nitrogens with one attached hydrogen (secondary N) is 1. The highest BCUT2D eigenvalue weighted by molar-refractivity contribution is 7.99. The van der Waals surface area contributed by atoms with Gasteiger partial charge in [-0.05, 0) is 43.4 Å². The van der Waals surface area contributed by atoms with E-state index in [1.807, 2.05) is 35.0 Å². The molecule has 3 rings (SSSR count). The molecule has 2 aromatic rings. The molecular formula is C17H20ClN3OS. The Bertz CT molecular complexity index is 667. The molecule has 6 heteroatoms. The molecule has 0 aliphatic heterocycles. The number of halogens is 1. The molecule has 1 amide bonds. The van der Waals surface area contributed by atoms with Crippen molar-refractivity contribution >= 4 is 35.1 Å². The smallest absolute Gasteiger partial charge is 0.235 e. The summed E-state index contributed by atoms with van der Waals surface area (Å²) in [5.74, 6) is 2.72. The fourth-order valence-electron chi connectivity index (χ4n) is 2.54. The summed E-state index contributed by atoms with van der Waals surface area (Å²) in [5, 5.41) is 8.05. The molecule has 1 atom stereocenters. The van der Waals surface area contributed by atoms with Crippen molar-refractivity contribution in [1.29, 1.82) is 0 Å². The van der Waals surface area contributed by atoms with Crippen molar-refractivity contribution in [3.63, 3.8) is 0 Å². The van der Waals surface area contributed by atoms with Crippen molar-refractivity contribution in [2.75, 3.05) is 11.1 Å². The van der Waals surface area contributed by atoms with Gasteiger partial charge in [0.25, 0.3) is 0 Å². The molecule has 1 aromatic carbocycles. The van der Waals surface area contributed by atoms with E-state index < -0.39 is 0 Å². The van der Waals surface area contributed by atoms with Gasteiger partial charge in [0.1, 0.15) is 5.82 Å². The number of rotatable bonds is 7. The van der Waals surface area contributed by atoms with Crippen LogP contribution in [-0.2, 0) is 10.5 Å². The molecule has 122 valence electrons. The van der Waals surface area contributed by atoms with Gasteiger partial charge in [0.2, 0.25) is 5.91 Å². The molecule has 1 N–H and O–H groups in total. The Morgan fingerprint density at radius 2 is 2.13 bits per heavy atom. The lowest BCUT2D eigenvalue weighted by molar-refractivity contribution is -0.113. The highest BCUT2D eigenvalue weighted by Gasteiger charge is 2.30. The Labute approximate surface area is 145 Å². The highest BCUT2D eigenvalue weighted by atomic mass is 35.5. The summed E-state index contributed by atoms with van der Waals surface area (Å²) >= 11 is 7.45. The Hall–Kier alpha value is -1.46. The van der Waals surface area contributed by atoms with Gasteiger partial charge in [-0.25, -0.2) is 4.68 Å². The third-order valence-corrected chi connectivity index (χ3v) is 5.30. The second-order valence-electron chi connectivity index (χ2n) is 5.91. The molecule has 1 saturated carbocycles. The number of aromatic nitrogens is 2. The normalized spacial score (nSPS) is 15.4. The fourth-order valence-corrected chi connectivity index (χ4v) is 3.45. The molecule has 0 bridgehead atoms. The van der Waals surface area contributed by atoms with Gasteiger partial charge in [0.05, 0.1) is 18.0 Å². The molecule has 0 saturated heterocycles. The van der Waals surface area contributed by atoms with E-state index in [4.69, 9.17) is 11.6 Å². The topological polar surface area (TPSA) is 46.9 Å². The Kier molecular flexibility index (Phi) is 5.28. The number of nitrogens with zero attached hydrogens (tertiary/aromatic N) is 2.